The molecule has 0 unspecified atom stereocenters. The van der Waals surface area contributed by atoms with E-state index in [1.54, 1.807) is 54.1 Å². The van der Waals surface area contributed by atoms with E-state index in [9.17, 15) is 13.2 Å². The van der Waals surface area contributed by atoms with Crippen molar-refractivity contribution in [1.82, 2.24) is 9.78 Å². The highest BCUT2D eigenvalue weighted by molar-refractivity contribution is 7.92. The number of carbonyl (C=O) groups is 1. The standard InChI is InChI=1S/C21H21N5O3S/c1-16-14-20(26(24-16)13-7-12-22)23-21(27)17-8-6-11-19(15-17)30(28,29)25(2)18-9-4-3-5-10-18/h3-6,8-11,14-15H,7,13H2,1-2H3,(H,23,27). The molecule has 3 aromatic rings. The molecule has 9 heteroatoms. The van der Waals surface area contributed by atoms with E-state index in [0.29, 0.717) is 23.7 Å². The Kier molecular flexibility index (Phi) is 6.18. The number of anilines is 2. The van der Waals surface area contributed by atoms with Crippen LogP contribution in [0.5, 0.6) is 0 Å². The molecule has 3 rings (SSSR count). The highest BCUT2D eigenvalue weighted by atomic mass is 32.2. The number of aryl methyl sites for hydroxylation is 2. The molecule has 0 spiro atoms. The number of nitrogens with one attached hydrogen (secondary N) is 1. The fourth-order valence-corrected chi connectivity index (χ4v) is 4.14. The number of nitriles is 1. The quantitative estimate of drug-likeness (QED) is 0.628. The van der Waals surface area contributed by atoms with Gasteiger partial charge in [0.2, 0.25) is 0 Å². The lowest BCUT2D eigenvalue weighted by Gasteiger charge is -2.19. The van der Waals surface area contributed by atoms with Crippen molar-refractivity contribution >= 4 is 27.4 Å². The van der Waals surface area contributed by atoms with Gasteiger partial charge in [-0.15, -0.1) is 0 Å². The second-order valence-corrected chi connectivity index (χ2v) is 8.56. The van der Waals surface area contributed by atoms with Crippen molar-refractivity contribution in [1.29, 1.82) is 5.26 Å². The topological polar surface area (TPSA) is 108 Å². The molecule has 0 radical (unpaired) electrons. The minimum absolute atomic E-state index is 0.00988. The SMILES string of the molecule is Cc1cc(NC(=O)c2cccc(S(=O)(=O)N(C)c3ccccc3)c2)n(CCC#N)n1. The van der Waals surface area contributed by atoms with E-state index in [2.05, 4.69) is 10.4 Å². The lowest BCUT2D eigenvalue weighted by Crippen LogP contribution is -2.26. The van der Waals surface area contributed by atoms with Gasteiger partial charge in [-0.25, -0.2) is 13.1 Å². The number of benzene rings is 2. The molecule has 1 N–H and O–H groups in total. The van der Waals surface area contributed by atoms with Crippen LogP contribution in [0.1, 0.15) is 22.5 Å². The predicted molar refractivity (Wildman–Crippen MR) is 114 cm³/mol. The van der Waals surface area contributed by atoms with Crippen molar-refractivity contribution in [2.75, 3.05) is 16.7 Å². The summed E-state index contributed by atoms with van der Waals surface area (Å²) in [4.78, 5) is 12.8. The van der Waals surface area contributed by atoms with Gasteiger partial charge < -0.3 is 5.32 Å². The van der Waals surface area contributed by atoms with Crippen LogP contribution in [-0.4, -0.2) is 31.2 Å². The molecule has 30 heavy (non-hydrogen) atoms. The summed E-state index contributed by atoms with van der Waals surface area (Å²) < 4.78 is 28.7. The highest BCUT2D eigenvalue weighted by Crippen LogP contribution is 2.23. The van der Waals surface area contributed by atoms with Crippen molar-refractivity contribution in [3.8, 4) is 6.07 Å². The number of aromatic nitrogens is 2. The molecule has 1 amide bonds. The fraction of sp³-hybridized carbons (Fsp3) is 0.190. The Hall–Kier alpha value is -3.64. The minimum Gasteiger partial charge on any atom is -0.307 e. The third-order valence-electron chi connectivity index (χ3n) is 4.45. The zero-order valence-corrected chi connectivity index (χ0v) is 17.4. The van der Waals surface area contributed by atoms with Gasteiger partial charge in [0.1, 0.15) is 5.82 Å². The van der Waals surface area contributed by atoms with Crippen molar-refractivity contribution in [2.45, 2.75) is 24.8 Å². The molecule has 154 valence electrons. The van der Waals surface area contributed by atoms with Gasteiger partial charge in [0.15, 0.2) is 0 Å². The van der Waals surface area contributed by atoms with Crippen molar-refractivity contribution < 1.29 is 13.2 Å². The summed E-state index contributed by atoms with van der Waals surface area (Å²) in [5.41, 5.74) is 1.41. The normalized spacial score (nSPS) is 11.0. The smallest absolute Gasteiger partial charge is 0.264 e. The summed E-state index contributed by atoms with van der Waals surface area (Å²) in [5.74, 6) is -0.0186. The minimum atomic E-state index is -3.84. The molecule has 1 aromatic heterocycles. The van der Waals surface area contributed by atoms with Crippen LogP contribution >= 0.6 is 0 Å². The highest BCUT2D eigenvalue weighted by Gasteiger charge is 2.22. The summed E-state index contributed by atoms with van der Waals surface area (Å²) in [6.45, 7) is 2.13. The first-order valence-corrected chi connectivity index (χ1v) is 10.6. The summed E-state index contributed by atoms with van der Waals surface area (Å²) >= 11 is 0. The Labute approximate surface area is 175 Å². The summed E-state index contributed by atoms with van der Waals surface area (Å²) in [7, 11) is -2.37. The van der Waals surface area contributed by atoms with Crippen LogP contribution in [0.4, 0.5) is 11.5 Å². The second-order valence-electron chi connectivity index (χ2n) is 6.59. The Morgan fingerprint density at radius 2 is 1.90 bits per heavy atom. The number of para-hydroxylation sites is 1. The predicted octanol–water partition coefficient (Wildman–Crippen LogP) is 3.18. The van der Waals surface area contributed by atoms with Gasteiger partial charge in [-0.2, -0.15) is 10.4 Å². The maximum Gasteiger partial charge on any atom is 0.264 e. The van der Waals surface area contributed by atoms with E-state index in [0.717, 1.165) is 0 Å². The van der Waals surface area contributed by atoms with E-state index in [-0.39, 0.29) is 16.9 Å². The van der Waals surface area contributed by atoms with Gasteiger partial charge in [0.25, 0.3) is 15.9 Å². The van der Waals surface area contributed by atoms with E-state index >= 15 is 0 Å². The van der Waals surface area contributed by atoms with Gasteiger partial charge in [0.05, 0.1) is 35.3 Å². The van der Waals surface area contributed by atoms with Gasteiger partial charge in [-0.3, -0.25) is 9.10 Å². The molecule has 1 heterocycles. The molecule has 0 aliphatic heterocycles. The number of sulfonamides is 1. The zero-order chi connectivity index (χ0) is 21.7. The van der Waals surface area contributed by atoms with Crippen molar-refractivity contribution in [3.05, 3.63) is 71.9 Å². The number of nitrogens with zero attached hydrogens (tertiary/aromatic N) is 4. The monoisotopic (exact) mass is 423 g/mol. The van der Waals surface area contributed by atoms with Crippen molar-refractivity contribution in [2.24, 2.45) is 0 Å². The van der Waals surface area contributed by atoms with E-state index in [4.69, 9.17) is 5.26 Å². The summed E-state index contributed by atoms with van der Waals surface area (Å²) in [5, 5.41) is 15.8. The lowest BCUT2D eigenvalue weighted by molar-refractivity contribution is 0.102. The van der Waals surface area contributed by atoms with Crippen molar-refractivity contribution in [3.63, 3.8) is 0 Å². The first kappa shape index (κ1) is 21.1. The van der Waals surface area contributed by atoms with E-state index in [1.807, 2.05) is 6.07 Å². The van der Waals surface area contributed by atoms with Crippen LogP contribution in [0.25, 0.3) is 0 Å². The van der Waals surface area contributed by atoms with Crippen LogP contribution in [0.2, 0.25) is 0 Å². The average molecular weight is 423 g/mol. The fourth-order valence-electron chi connectivity index (χ4n) is 2.89. The number of amides is 1. The lowest BCUT2D eigenvalue weighted by atomic mass is 10.2. The number of hydrogen-bond donors (Lipinski definition) is 1. The van der Waals surface area contributed by atoms with Gasteiger partial charge >= 0.3 is 0 Å². The summed E-state index contributed by atoms with van der Waals surface area (Å²) in [6.07, 6.45) is 0.254. The molecule has 2 aromatic carbocycles. The Morgan fingerprint density at radius 1 is 1.17 bits per heavy atom. The Bertz CT molecular complexity index is 1200. The molecule has 0 aliphatic carbocycles. The number of carbonyl (C=O) groups excluding carboxylic acids is 1. The molecular formula is C21H21N5O3S. The van der Waals surface area contributed by atoms with Gasteiger partial charge in [-0.05, 0) is 37.3 Å². The van der Waals surface area contributed by atoms with Crippen LogP contribution in [0.15, 0.2) is 65.6 Å². The number of hydrogen-bond acceptors (Lipinski definition) is 5. The molecule has 0 saturated carbocycles. The Balaban J connectivity index is 1.85. The first-order valence-electron chi connectivity index (χ1n) is 9.19. The van der Waals surface area contributed by atoms with E-state index < -0.39 is 15.9 Å². The molecule has 0 fully saturated rings. The molecular weight excluding hydrogens is 402 g/mol. The molecule has 8 nitrogen and oxygen atoms in total. The van der Waals surface area contributed by atoms with Crippen LogP contribution in [0, 0.1) is 18.3 Å². The third kappa shape index (κ3) is 4.50. The summed E-state index contributed by atoms with van der Waals surface area (Å²) in [6, 6.07) is 18.3. The molecule has 0 bridgehead atoms. The molecule has 0 aliphatic rings. The zero-order valence-electron chi connectivity index (χ0n) is 16.6. The van der Waals surface area contributed by atoms with Gasteiger partial charge in [-0.1, -0.05) is 24.3 Å². The maximum absolute atomic E-state index is 13.0. The number of rotatable bonds is 7. The van der Waals surface area contributed by atoms with E-state index in [1.165, 1.54) is 29.6 Å². The average Bonchev–Trinajstić information content (AvgIpc) is 3.11. The molecule has 0 atom stereocenters. The van der Waals surface area contributed by atoms with Crippen LogP contribution < -0.4 is 9.62 Å². The Morgan fingerprint density at radius 3 is 2.60 bits per heavy atom. The van der Waals surface area contributed by atoms with Crippen LogP contribution in [0.3, 0.4) is 0 Å². The van der Waals surface area contributed by atoms with Gasteiger partial charge in [0, 0.05) is 18.7 Å². The second kappa shape index (κ2) is 8.80. The molecule has 0 saturated heterocycles. The van der Waals surface area contributed by atoms with Crippen LogP contribution in [-0.2, 0) is 16.6 Å². The first-order chi connectivity index (χ1) is 14.3. The maximum atomic E-state index is 13.0. The largest absolute Gasteiger partial charge is 0.307 e. The third-order valence-corrected chi connectivity index (χ3v) is 6.24.